The van der Waals surface area contributed by atoms with Gasteiger partial charge in [0.1, 0.15) is 0 Å². The van der Waals surface area contributed by atoms with Crippen molar-refractivity contribution >= 4 is 6.08 Å². The molecule has 13 heavy (non-hydrogen) atoms. The zero-order valence-electron chi connectivity index (χ0n) is 6.90. The van der Waals surface area contributed by atoms with E-state index in [0.717, 1.165) is 0 Å². The average molecular weight is 432 g/mol. The van der Waals surface area contributed by atoms with Crippen molar-refractivity contribution in [1.29, 1.82) is 0 Å². The molecule has 0 saturated heterocycles. The van der Waals surface area contributed by atoms with Gasteiger partial charge in [-0.15, -0.1) is 0 Å². The molecule has 1 aromatic carbocycles. The maximum Gasteiger partial charge on any atom is 3.00 e. The van der Waals surface area contributed by atoms with Crippen LogP contribution < -0.4 is 0 Å². The molecule has 0 aromatic heterocycles. The Bertz CT molecular complexity index is 180. The molecule has 0 spiro atoms. The Hall–Kier alpha value is 1.59. The normalized spacial score (nSPS) is 5.23. The summed E-state index contributed by atoms with van der Waals surface area (Å²) < 4.78 is 0. The second kappa shape index (κ2) is 19.2. The molecule has 2 radical (unpaired) electrons. The summed E-state index contributed by atoms with van der Waals surface area (Å²) in [6, 6.07) is 10.0. The SMILES string of the molecule is C=Cc1ccccc1.[Ce+3].[Ce+3].[O-2].[O-2].[O-2]. The first-order valence-corrected chi connectivity index (χ1v) is 2.61. The van der Waals surface area contributed by atoms with Gasteiger partial charge < -0.3 is 16.4 Å². The topological polar surface area (TPSA) is 85.5 Å². The fourth-order valence-corrected chi connectivity index (χ4v) is 0.589. The van der Waals surface area contributed by atoms with Crippen molar-refractivity contribution in [3.63, 3.8) is 0 Å². The van der Waals surface area contributed by atoms with Crippen molar-refractivity contribution in [3.8, 4) is 0 Å². The summed E-state index contributed by atoms with van der Waals surface area (Å²) in [4.78, 5) is 0. The van der Waals surface area contributed by atoms with Gasteiger partial charge in [-0.05, 0) is 5.56 Å². The number of hydrogen-bond donors (Lipinski definition) is 0. The molecule has 0 bridgehead atoms. The molecule has 0 unspecified atom stereocenters. The monoisotopic (exact) mass is 432 g/mol. The molecule has 0 aliphatic heterocycles. The minimum Gasteiger partial charge on any atom is -2.00 e. The van der Waals surface area contributed by atoms with E-state index in [1.54, 1.807) is 0 Å². The molecular formula is C8H8Ce2O3. The van der Waals surface area contributed by atoms with Gasteiger partial charge in [0.2, 0.25) is 0 Å². The molecule has 5 heteroatoms. The summed E-state index contributed by atoms with van der Waals surface area (Å²) in [5.74, 6) is 0. The van der Waals surface area contributed by atoms with E-state index < -0.39 is 0 Å². The number of hydrogen-bond acceptors (Lipinski definition) is 0. The van der Waals surface area contributed by atoms with Crippen molar-refractivity contribution in [3.05, 3.63) is 42.5 Å². The molecule has 0 fully saturated rings. The van der Waals surface area contributed by atoms with Crippen LogP contribution in [0.2, 0.25) is 0 Å². The van der Waals surface area contributed by atoms with Crippen molar-refractivity contribution in [2.24, 2.45) is 0 Å². The van der Waals surface area contributed by atoms with E-state index in [9.17, 15) is 0 Å². The fraction of sp³-hybridized carbons (Fsp3) is 0. The van der Waals surface area contributed by atoms with E-state index in [0.29, 0.717) is 0 Å². The van der Waals surface area contributed by atoms with Crippen LogP contribution in [0.1, 0.15) is 5.56 Å². The van der Waals surface area contributed by atoms with Crippen molar-refractivity contribution in [2.45, 2.75) is 0 Å². The number of rotatable bonds is 1. The quantitative estimate of drug-likeness (QED) is 0.650. The van der Waals surface area contributed by atoms with Gasteiger partial charge >= 0.3 is 83.5 Å². The Morgan fingerprint density at radius 3 is 1.46 bits per heavy atom. The maximum absolute atomic E-state index is 3.63. The standard InChI is InChI=1S/C8H8.2Ce.3O/c1-2-8-6-4-3-5-7-8;;;;;/h2-7H,1H2;;;;;/q;2*+3;3*-2. The third-order valence-electron chi connectivity index (χ3n) is 1.04. The van der Waals surface area contributed by atoms with Crippen LogP contribution in [0.15, 0.2) is 36.9 Å². The third kappa shape index (κ3) is 13.6. The molecule has 0 amide bonds. The summed E-state index contributed by atoms with van der Waals surface area (Å²) >= 11 is 0. The predicted molar refractivity (Wildman–Crippen MR) is 38.6 cm³/mol. The minimum atomic E-state index is 0. The molecule has 1 rings (SSSR count). The summed E-state index contributed by atoms with van der Waals surface area (Å²) in [5, 5.41) is 0. The third-order valence-corrected chi connectivity index (χ3v) is 1.04. The Kier molecular flexibility index (Phi) is 43.3. The minimum absolute atomic E-state index is 0. The number of benzene rings is 1. The molecule has 0 atom stereocenters. The van der Waals surface area contributed by atoms with Gasteiger partial charge in [-0.3, -0.25) is 0 Å². The van der Waals surface area contributed by atoms with Gasteiger partial charge in [0.15, 0.2) is 0 Å². The van der Waals surface area contributed by atoms with Gasteiger partial charge in [-0.1, -0.05) is 43.0 Å². The van der Waals surface area contributed by atoms with Gasteiger partial charge in [0.05, 0.1) is 0 Å². The van der Waals surface area contributed by atoms with E-state index >= 15 is 0 Å². The second-order valence-corrected chi connectivity index (χ2v) is 1.61. The zero-order chi connectivity index (χ0) is 5.82. The Morgan fingerprint density at radius 1 is 0.846 bits per heavy atom. The Balaban J connectivity index is -0.0000000427. The van der Waals surface area contributed by atoms with E-state index in [2.05, 4.69) is 6.58 Å². The predicted octanol–water partition coefficient (Wildman–Crippen LogP) is 1.97. The van der Waals surface area contributed by atoms with E-state index in [-0.39, 0.29) is 99.9 Å². The zero-order valence-corrected chi connectivity index (χ0v) is 13.2. The van der Waals surface area contributed by atoms with E-state index in [1.165, 1.54) is 5.56 Å². The maximum atomic E-state index is 3.63. The molecule has 0 heterocycles. The van der Waals surface area contributed by atoms with Crippen LogP contribution >= 0.6 is 0 Å². The van der Waals surface area contributed by atoms with E-state index in [1.807, 2.05) is 36.4 Å². The molecular weight excluding hydrogens is 424 g/mol. The van der Waals surface area contributed by atoms with Gasteiger partial charge in [0.25, 0.3) is 0 Å². The Labute approximate surface area is 146 Å². The van der Waals surface area contributed by atoms with Crippen molar-refractivity contribution < 1.29 is 99.9 Å². The first-order valence-electron chi connectivity index (χ1n) is 2.61. The fourth-order valence-electron chi connectivity index (χ4n) is 0.589. The van der Waals surface area contributed by atoms with E-state index in [4.69, 9.17) is 0 Å². The van der Waals surface area contributed by atoms with Crippen molar-refractivity contribution in [1.82, 2.24) is 0 Å². The molecule has 3 nitrogen and oxygen atoms in total. The van der Waals surface area contributed by atoms with Crippen LogP contribution in [0.3, 0.4) is 0 Å². The first-order chi connectivity index (χ1) is 3.93. The van der Waals surface area contributed by atoms with Gasteiger partial charge in [-0.25, -0.2) is 0 Å². The molecule has 0 aliphatic rings. The van der Waals surface area contributed by atoms with Crippen molar-refractivity contribution in [2.75, 3.05) is 0 Å². The van der Waals surface area contributed by atoms with Crippen LogP contribution in [0.4, 0.5) is 0 Å². The Morgan fingerprint density at radius 2 is 1.23 bits per heavy atom. The van der Waals surface area contributed by atoms with Crippen LogP contribution in [-0.2, 0) is 16.4 Å². The first kappa shape index (κ1) is 29.3. The molecule has 0 saturated carbocycles. The molecule has 1 aromatic rings. The van der Waals surface area contributed by atoms with Crippen LogP contribution in [-0.4, -0.2) is 0 Å². The van der Waals surface area contributed by atoms with Gasteiger partial charge in [0, 0.05) is 0 Å². The summed E-state index contributed by atoms with van der Waals surface area (Å²) in [6.07, 6.45) is 1.83. The molecule has 0 aliphatic carbocycles. The average Bonchev–Trinajstić information content (AvgIpc) is 1.90. The summed E-state index contributed by atoms with van der Waals surface area (Å²) in [6.45, 7) is 3.63. The van der Waals surface area contributed by atoms with Crippen LogP contribution in [0.25, 0.3) is 6.08 Å². The van der Waals surface area contributed by atoms with Crippen LogP contribution in [0, 0.1) is 83.5 Å². The summed E-state index contributed by atoms with van der Waals surface area (Å²) in [7, 11) is 0. The smallest absolute Gasteiger partial charge is 2.00 e. The largest absolute Gasteiger partial charge is 3.00 e. The molecule has 0 N–H and O–H groups in total. The second-order valence-electron chi connectivity index (χ2n) is 1.61. The molecule has 66 valence electrons. The van der Waals surface area contributed by atoms with Crippen LogP contribution in [0.5, 0.6) is 0 Å². The summed E-state index contributed by atoms with van der Waals surface area (Å²) in [5.41, 5.74) is 1.17. The van der Waals surface area contributed by atoms with Gasteiger partial charge in [-0.2, -0.15) is 0 Å².